The first kappa shape index (κ1) is 35.9. The number of furan rings is 1. The molecular formula is C57H35N3OS. The fourth-order valence-electron chi connectivity index (χ4n) is 8.82. The lowest BCUT2D eigenvalue weighted by Gasteiger charge is -2.15. The van der Waals surface area contributed by atoms with Gasteiger partial charge in [-0.05, 0) is 63.2 Å². The molecule has 0 spiro atoms. The van der Waals surface area contributed by atoms with Gasteiger partial charge in [0.1, 0.15) is 11.2 Å². The van der Waals surface area contributed by atoms with Gasteiger partial charge in [0, 0.05) is 53.2 Å². The van der Waals surface area contributed by atoms with Crippen molar-refractivity contribution >= 4 is 53.4 Å². The van der Waals surface area contributed by atoms with Crippen LogP contribution >= 0.6 is 11.3 Å². The maximum Gasteiger partial charge on any atom is 0.164 e. The van der Waals surface area contributed by atoms with E-state index >= 15 is 0 Å². The van der Waals surface area contributed by atoms with Gasteiger partial charge in [0.25, 0.3) is 0 Å². The first-order valence-corrected chi connectivity index (χ1v) is 21.6. The Morgan fingerprint density at radius 1 is 0.274 bits per heavy atom. The van der Waals surface area contributed by atoms with Gasteiger partial charge in [-0.25, -0.2) is 15.0 Å². The summed E-state index contributed by atoms with van der Waals surface area (Å²) in [5.41, 5.74) is 13.5. The van der Waals surface area contributed by atoms with E-state index in [1.807, 2.05) is 41.7 Å². The Hall–Kier alpha value is -7.99. The van der Waals surface area contributed by atoms with Crippen LogP contribution in [0.2, 0.25) is 0 Å². The van der Waals surface area contributed by atoms with Crippen molar-refractivity contribution in [1.29, 1.82) is 0 Å². The summed E-state index contributed by atoms with van der Waals surface area (Å²) in [4.78, 5) is 15.8. The Bertz CT molecular complexity index is 3630. The largest absolute Gasteiger partial charge is 0.456 e. The summed E-state index contributed by atoms with van der Waals surface area (Å²) < 4.78 is 8.91. The molecule has 290 valence electrons. The van der Waals surface area contributed by atoms with E-state index in [1.165, 1.54) is 36.9 Å². The smallest absolute Gasteiger partial charge is 0.164 e. The van der Waals surface area contributed by atoms with E-state index in [2.05, 4.69) is 182 Å². The second-order valence-corrected chi connectivity index (χ2v) is 16.5. The van der Waals surface area contributed by atoms with Gasteiger partial charge in [-0.3, -0.25) is 0 Å². The zero-order valence-corrected chi connectivity index (χ0v) is 34.2. The van der Waals surface area contributed by atoms with Crippen molar-refractivity contribution < 1.29 is 4.42 Å². The summed E-state index contributed by atoms with van der Waals surface area (Å²) in [5, 5.41) is 4.67. The molecule has 12 rings (SSSR count). The van der Waals surface area contributed by atoms with Crippen LogP contribution in [-0.4, -0.2) is 15.0 Å². The van der Waals surface area contributed by atoms with Crippen molar-refractivity contribution in [3.05, 3.63) is 212 Å². The number of aromatic nitrogens is 3. The molecule has 62 heavy (non-hydrogen) atoms. The Morgan fingerprint density at radius 3 is 1.47 bits per heavy atom. The predicted molar refractivity (Wildman–Crippen MR) is 258 cm³/mol. The van der Waals surface area contributed by atoms with Crippen molar-refractivity contribution in [2.24, 2.45) is 0 Å². The minimum absolute atomic E-state index is 0.574. The minimum atomic E-state index is 0.574. The molecule has 0 aliphatic heterocycles. The van der Waals surface area contributed by atoms with E-state index in [-0.39, 0.29) is 0 Å². The molecule has 3 heterocycles. The van der Waals surface area contributed by atoms with Crippen LogP contribution in [0.1, 0.15) is 0 Å². The number of hydrogen-bond acceptors (Lipinski definition) is 5. The third kappa shape index (κ3) is 6.18. The lowest BCUT2D eigenvalue weighted by Crippen LogP contribution is -2.01. The van der Waals surface area contributed by atoms with Crippen LogP contribution in [0.25, 0.3) is 121 Å². The molecule has 0 unspecified atom stereocenters. The van der Waals surface area contributed by atoms with Crippen LogP contribution in [0.3, 0.4) is 0 Å². The van der Waals surface area contributed by atoms with Crippen molar-refractivity contribution in [3.8, 4) is 78.7 Å². The third-order valence-electron chi connectivity index (χ3n) is 11.8. The van der Waals surface area contributed by atoms with E-state index in [9.17, 15) is 0 Å². The maximum absolute atomic E-state index is 6.35. The van der Waals surface area contributed by atoms with Gasteiger partial charge in [-0.1, -0.05) is 188 Å². The molecule has 0 bridgehead atoms. The normalized spacial score (nSPS) is 11.5. The first-order valence-electron chi connectivity index (χ1n) is 20.8. The fraction of sp³-hybridized carbons (Fsp3) is 0. The van der Waals surface area contributed by atoms with Gasteiger partial charge in [0.15, 0.2) is 17.5 Å². The SMILES string of the molecule is c1ccc(-c2ccccc2-c2nc(-c3ccc(-c4cccc5c4sc4c(-c6ccccc6)cccc45)c(-c4ccccc4)c3)nc(-c3ccc4c(c3)oc3ccccc34)n2)cc1. The van der Waals surface area contributed by atoms with Crippen molar-refractivity contribution in [2.45, 2.75) is 0 Å². The first-order chi connectivity index (χ1) is 30.7. The molecule has 0 radical (unpaired) electrons. The zero-order valence-electron chi connectivity index (χ0n) is 33.4. The maximum atomic E-state index is 6.35. The summed E-state index contributed by atoms with van der Waals surface area (Å²) in [7, 11) is 0. The average Bonchev–Trinajstić information content (AvgIpc) is 3.93. The summed E-state index contributed by atoms with van der Waals surface area (Å²) in [6, 6.07) is 74.5. The molecule has 0 fully saturated rings. The third-order valence-corrected chi connectivity index (χ3v) is 13.1. The molecule has 9 aromatic carbocycles. The number of thiophene rings is 1. The molecule has 0 saturated heterocycles. The van der Waals surface area contributed by atoms with E-state index in [0.29, 0.717) is 17.5 Å². The molecule has 0 amide bonds. The minimum Gasteiger partial charge on any atom is -0.456 e. The zero-order chi connectivity index (χ0) is 41.0. The second kappa shape index (κ2) is 14.9. The molecule has 0 N–H and O–H groups in total. The van der Waals surface area contributed by atoms with Gasteiger partial charge in [-0.15, -0.1) is 11.3 Å². The Kier molecular flexibility index (Phi) is 8.65. The Balaban J connectivity index is 1.06. The van der Waals surface area contributed by atoms with Crippen molar-refractivity contribution in [3.63, 3.8) is 0 Å². The lowest BCUT2D eigenvalue weighted by molar-refractivity contribution is 0.669. The van der Waals surface area contributed by atoms with Crippen LogP contribution in [0.15, 0.2) is 217 Å². The van der Waals surface area contributed by atoms with Gasteiger partial charge >= 0.3 is 0 Å². The highest BCUT2D eigenvalue weighted by molar-refractivity contribution is 7.26. The standard InChI is InChI=1S/C57H35N3OS/c1-4-16-36(17-5-1)41-22-10-11-24-49(41)57-59-55(58-56(60-57)40-31-33-45-44-23-12-13-29-51(44)61-52(45)35-40)39-30-32-43(50(34-39)38-20-8-3-9-21-38)46-26-15-28-48-47-27-14-25-42(53(47)62-54(46)48)37-18-6-2-7-19-37/h1-35H. The van der Waals surface area contributed by atoms with Crippen LogP contribution in [0, 0.1) is 0 Å². The van der Waals surface area contributed by atoms with Gasteiger partial charge < -0.3 is 4.42 Å². The van der Waals surface area contributed by atoms with Crippen LogP contribution in [-0.2, 0) is 0 Å². The Labute approximate surface area is 362 Å². The highest BCUT2D eigenvalue weighted by atomic mass is 32.1. The monoisotopic (exact) mass is 809 g/mol. The number of hydrogen-bond donors (Lipinski definition) is 0. The number of rotatable bonds is 7. The van der Waals surface area contributed by atoms with Gasteiger partial charge in [-0.2, -0.15) is 0 Å². The topological polar surface area (TPSA) is 51.8 Å². The molecule has 0 aliphatic carbocycles. The highest BCUT2D eigenvalue weighted by Crippen LogP contribution is 2.46. The Morgan fingerprint density at radius 2 is 0.758 bits per heavy atom. The number of nitrogens with zero attached hydrogens (tertiary/aromatic N) is 3. The number of para-hydroxylation sites is 1. The van der Waals surface area contributed by atoms with E-state index in [0.717, 1.165) is 66.4 Å². The molecule has 0 atom stereocenters. The van der Waals surface area contributed by atoms with Gasteiger partial charge in [0.05, 0.1) is 0 Å². The van der Waals surface area contributed by atoms with Crippen molar-refractivity contribution in [1.82, 2.24) is 15.0 Å². The molecule has 5 heteroatoms. The van der Waals surface area contributed by atoms with Crippen molar-refractivity contribution in [2.75, 3.05) is 0 Å². The number of benzene rings is 9. The van der Waals surface area contributed by atoms with E-state index in [4.69, 9.17) is 19.4 Å². The van der Waals surface area contributed by atoms with Crippen LogP contribution in [0.4, 0.5) is 0 Å². The summed E-state index contributed by atoms with van der Waals surface area (Å²) in [5.74, 6) is 1.77. The molecule has 0 aliphatic rings. The quantitative estimate of drug-likeness (QED) is 0.161. The summed E-state index contributed by atoms with van der Waals surface area (Å²) >= 11 is 1.87. The second-order valence-electron chi connectivity index (χ2n) is 15.5. The molecule has 3 aromatic heterocycles. The average molecular weight is 810 g/mol. The molecule has 12 aromatic rings. The lowest BCUT2D eigenvalue weighted by atomic mass is 9.91. The predicted octanol–water partition coefficient (Wildman–Crippen LogP) is 15.8. The van der Waals surface area contributed by atoms with Crippen LogP contribution in [0.5, 0.6) is 0 Å². The summed E-state index contributed by atoms with van der Waals surface area (Å²) in [6.45, 7) is 0. The fourth-order valence-corrected chi connectivity index (χ4v) is 10.2. The van der Waals surface area contributed by atoms with E-state index < -0.39 is 0 Å². The number of fused-ring (bicyclic) bond motifs is 6. The highest BCUT2D eigenvalue weighted by Gasteiger charge is 2.20. The van der Waals surface area contributed by atoms with Gasteiger partial charge in [0.2, 0.25) is 0 Å². The molecule has 4 nitrogen and oxygen atoms in total. The molecule has 0 saturated carbocycles. The summed E-state index contributed by atoms with van der Waals surface area (Å²) in [6.07, 6.45) is 0. The molecular weight excluding hydrogens is 775 g/mol. The van der Waals surface area contributed by atoms with Crippen LogP contribution < -0.4 is 0 Å². The van der Waals surface area contributed by atoms with E-state index in [1.54, 1.807) is 0 Å².